The van der Waals surface area contributed by atoms with E-state index in [0.717, 1.165) is 43.5 Å². The van der Waals surface area contributed by atoms with Gasteiger partial charge in [0.15, 0.2) is 0 Å². The van der Waals surface area contributed by atoms with Gasteiger partial charge < -0.3 is 5.32 Å². The second-order valence-corrected chi connectivity index (χ2v) is 10.3. The number of carbonyl (C=O) groups is 1. The van der Waals surface area contributed by atoms with Crippen molar-refractivity contribution in [2.45, 2.75) is 58.2 Å². The first-order valence-electron chi connectivity index (χ1n) is 12.2. The average Bonchev–Trinajstić information content (AvgIpc) is 3.07. The molecule has 2 saturated heterocycles. The summed E-state index contributed by atoms with van der Waals surface area (Å²) >= 11 is 3.55. The summed E-state index contributed by atoms with van der Waals surface area (Å²) in [6.45, 7) is 6.91. The number of likely N-dealkylation sites (tertiary alicyclic amines) is 2. The summed E-state index contributed by atoms with van der Waals surface area (Å²) in [5.41, 5.74) is 3.85. The molecular weight excluding hydrogens is 462 g/mol. The Hall–Kier alpha value is -1.69. The van der Waals surface area contributed by atoms with Crippen molar-refractivity contribution in [2.24, 2.45) is 5.92 Å². The molecule has 2 aromatic rings. The molecule has 4 rings (SSSR count). The minimum absolute atomic E-state index is 0.0817. The number of nitrogens with one attached hydrogen (secondary N) is 1. The SMILES string of the molecule is O=C(NCc1ccc(CN2CCCCCC2)cc1)C1CCCN(Cc2cccc(Br)c2)C1. The van der Waals surface area contributed by atoms with E-state index in [1.54, 1.807) is 0 Å². The maximum atomic E-state index is 12.8. The number of nitrogens with zero attached hydrogens (tertiary/aromatic N) is 2. The molecule has 1 unspecified atom stereocenters. The number of benzene rings is 2. The van der Waals surface area contributed by atoms with Crippen LogP contribution in [0.25, 0.3) is 0 Å². The Bertz CT molecular complexity index is 861. The van der Waals surface area contributed by atoms with Crippen molar-refractivity contribution in [3.05, 3.63) is 69.7 Å². The predicted octanol–water partition coefficient (Wildman–Crippen LogP) is 5.35. The first-order valence-corrected chi connectivity index (χ1v) is 13.0. The first-order chi connectivity index (χ1) is 15.7. The van der Waals surface area contributed by atoms with E-state index in [-0.39, 0.29) is 11.8 Å². The van der Waals surface area contributed by atoms with Crippen LogP contribution < -0.4 is 5.32 Å². The highest BCUT2D eigenvalue weighted by Gasteiger charge is 2.25. The zero-order valence-corrected chi connectivity index (χ0v) is 20.7. The van der Waals surface area contributed by atoms with Crippen molar-refractivity contribution < 1.29 is 4.79 Å². The normalized spacial score (nSPS) is 20.6. The van der Waals surface area contributed by atoms with Gasteiger partial charge in [-0.25, -0.2) is 0 Å². The van der Waals surface area contributed by atoms with Crippen molar-refractivity contribution in [1.82, 2.24) is 15.1 Å². The molecule has 32 heavy (non-hydrogen) atoms. The number of halogens is 1. The molecule has 2 aromatic carbocycles. The Morgan fingerprint density at radius 2 is 1.53 bits per heavy atom. The van der Waals surface area contributed by atoms with Gasteiger partial charge >= 0.3 is 0 Å². The summed E-state index contributed by atoms with van der Waals surface area (Å²) in [5.74, 6) is 0.274. The van der Waals surface area contributed by atoms with Gasteiger partial charge in [0.05, 0.1) is 5.92 Å². The third-order valence-corrected chi connectivity index (χ3v) is 7.26. The van der Waals surface area contributed by atoms with E-state index in [1.807, 2.05) is 0 Å². The smallest absolute Gasteiger partial charge is 0.224 e. The van der Waals surface area contributed by atoms with E-state index < -0.39 is 0 Å². The van der Waals surface area contributed by atoms with Crippen LogP contribution in [-0.2, 0) is 24.4 Å². The van der Waals surface area contributed by atoms with Gasteiger partial charge in [0, 0.05) is 30.7 Å². The Morgan fingerprint density at radius 3 is 2.28 bits per heavy atom. The van der Waals surface area contributed by atoms with Crippen LogP contribution in [0.5, 0.6) is 0 Å². The molecule has 0 spiro atoms. The number of rotatable bonds is 7. The number of carbonyl (C=O) groups excluding carboxylic acids is 1. The highest BCUT2D eigenvalue weighted by Crippen LogP contribution is 2.21. The van der Waals surface area contributed by atoms with E-state index in [1.165, 1.54) is 55.5 Å². The van der Waals surface area contributed by atoms with Crippen LogP contribution in [0.1, 0.15) is 55.2 Å². The van der Waals surface area contributed by atoms with Gasteiger partial charge in [0.2, 0.25) is 5.91 Å². The second-order valence-electron chi connectivity index (χ2n) is 9.43. The molecule has 0 saturated carbocycles. The lowest BCUT2D eigenvalue weighted by Crippen LogP contribution is -2.42. The highest BCUT2D eigenvalue weighted by molar-refractivity contribution is 9.10. The van der Waals surface area contributed by atoms with Crippen molar-refractivity contribution in [3.63, 3.8) is 0 Å². The lowest BCUT2D eigenvalue weighted by Gasteiger charge is -2.32. The van der Waals surface area contributed by atoms with Gasteiger partial charge in [0.1, 0.15) is 0 Å². The monoisotopic (exact) mass is 497 g/mol. The lowest BCUT2D eigenvalue weighted by molar-refractivity contribution is -0.126. The van der Waals surface area contributed by atoms with E-state index in [2.05, 4.69) is 79.6 Å². The van der Waals surface area contributed by atoms with Crippen LogP contribution in [-0.4, -0.2) is 41.9 Å². The standard InChI is InChI=1S/C27H36BrN3O/c28-26-9-5-7-24(17-26)20-31-16-6-8-25(21-31)27(32)29-18-22-10-12-23(13-11-22)19-30-14-3-1-2-4-15-30/h5,7,9-13,17,25H,1-4,6,8,14-16,18-21H2,(H,29,32). The number of hydrogen-bond acceptors (Lipinski definition) is 3. The molecule has 0 aliphatic carbocycles. The highest BCUT2D eigenvalue weighted by atomic mass is 79.9. The lowest BCUT2D eigenvalue weighted by atomic mass is 9.96. The Balaban J connectivity index is 1.23. The first kappa shape index (κ1) is 23.5. The Morgan fingerprint density at radius 1 is 0.844 bits per heavy atom. The minimum Gasteiger partial charge on any atom is -0.352 e. The zero-order chi connectivity index (χ0) is 22.2. The fourth-order valence-electron chi connectivity index (χ4n) is 4.96. The van der Waals surface area contributed by atoms with Gasteiger partial charge in [0.25, 0.3) is 0 Å². The minimum atomic E-state index is 0.0817. The third kappa shape index (κ3) is 7.16. The summed E-state index contributed by atoms with van der Waals surface area (Å²) in [6.07, 6.45) is 7.46. The molecular formula is C27H36BrN3O. The Labute approximate surface area is 201 Å². The molecule has 172 valence electrons. The number of amides is 1. The molecule has 5 heteroatoms. The summed E-state index contributed by atoms with van der Waals surface area (Å²) in [7, 11) is 0. The largest absolute Gasteiger partial charge is 0.352 e. The van der Waals surface area contributed by atoms with Gasteiger partial charge in [-0.3, -0.25) is 14.6 Å². The van der Waals surface area contributed by atoms with Gasteiger partial charge in [-0.15, -0.1) is 0 Å². The van der Waals surface area contributed by atoms with E-state index in [0.29, 0.717) is 6.54 Å². The molecule has 1 N–H and O–H groups in total. The molecule has 0 bridgehead atoms. The van der Waals surface area contributed by atoms with Crippen LogP contribution in [0.15, 0.2) is 53.0 Å². The van der Waals surface area contributed by atoms with Crippen LogP contribution in [0.4, 0.5) is 0 Å². The molecule has 2 heterocycles. The molecule has 2 aliphatic heterocycles. The average molecular weight is 499 g/mol. The van der Waals surface area contributed by atoms with Crippen molar-refractivity contribution in [3.8, 4) is 0 Å². The predicted molar refractivity (Wildman–Crippen MR) is 134 cm³/mol. The van der Waals surface area contributed by atoms with Gasteiger partial charge in [-0.2, -0.15) is 0 Å². The van der Waals surface area contributed by atoms with Crippen LogP contribution in [0.2, 0.25) is 0 Å². The van der Waals surface area contributed by atoms with Crippen LogP contribution in [0.3, 0.4) is 0 Å². The van der Waals surface area contributed by atoms with Crippen molar-refractivity contribution >= 4 is 21.8 Å². The zero-order valence-electron chi connectivity index (χ0n) is 19.1. The third-order valence-electron chi connectivity index (χ3n) is 6.77. The number of hydrogen-bond donors (Lipinski definition) is 1. The topological polar surface area (TPSA) is 35.6 Å². The van der Waals surface area contributed by atoms with Crippen molar-refractivity contribution in [2.75, 3.05) is 26.2 Å². The maximum Gasteiger partial charge on any atom is 0.224 e. The summed E-state index contributed by atoms with van der Waals surface area (Å²) in [6, 6.07) is 17.3. The van der Waals surface area contributed by atoms with Gasteiger partial charge in [-0.1, -0.05) is 65.2 Å². The quantitative estimate of drug-likeness (QED) is 0.559. The summed E-state index contributed by atoms with van der Waals surface area (Å²) in [5, 5.41) is 3.19. The van der Waals surface area contributed by atoms with Gasteiger partial charge in [-0.05, 0) is 74.1 Å². The van der Waals surface area contributed by atoms with Crippen LogP contribution >= 0.6 is 15.9 Å². The fourth-order valence-corrected chi connectivity index (χ4v) is 5.40. The second kappa shape index (κ2) is 12.0. The maximum absolute atomic E-state index is 12.8. The van der Waals surface area contributed by atoms with E-state index >= 15 is 0 Å². The van der Waals surface area contributed by atoms with Crippen molar-refractivity contribution in [1.29, 1.82) is 0 Å². The summed E-state index contributed by atoms with van der Waals surface area (Å²) in [4.78, 5) is 17.8. The molecule has 0 aromatic heterocycles. The van der Waals surface area contributed by atoms with Crippen LogP contribution in [0, 0.1) is 5.92 Å². The number of piperidine rings is 1. The molecule has 2 aliphatic rings. The molecule has 2 fully saturated rings. The van der Waals surface area contributed by atoms with E-state index in [9.17, 15) is 4.79 Å². The molecule has 1 amide bonds. The Kier molecular flexibility index (Phi) is 8.77. The molecule has 4 nitrogen and oxygen atoms in total. The fraction of sp³-hybridized carbons (Fsp3) is 0.519. The van der Waals surface area contributed by atoms with E-state index in [4.69, 9.17) is 0 Å². The molecule has 1 atom stereocenters. The molecule has 0 radical (unpaired) electrons. The summed E-state index contributed by atoms with van der Waals surface area (Å²) < 4.78 is 1.11.